The normalized spacial score (nSPS) is 8.36. The first kappa shape index (κ1) is 9.38. The molecule has 0 saturated heterocycles. The largest absolute Gasteiger partial charge is 0.545 e. The molecule has 5 nitrogen and oxygen atoms in total. The van der Waals surface area contributed by atoms with Gasteiger partial charge in [-0.05, 0) is 12.1 Å². The van der Waals surface area contributed by atoms with Crippen LogP contribution in [0.15, 0.2) is 23.1 Å². The molecule has 1 rings (SSSR count). The Morgan fingerprint density at radius 2 is 2.18 bits per heavy atom. The van der Waals surface area contributed by atoms with Crippen molar-refractivity contribution in [2.45, 2.75) is 0 Å². The predicted molar refractivity (Wildman–Crippen MR) is 37.4 cm³/mol. The van der Waals surface area contributed by atoms with Crippen LogP contribution in [-0.4, -0.2) is 11.0 Å². The van der Waals surface area contributed by atoms with E-state index in [1.807, 2.05) is 0 Å². The van der Waals surface area contributed by atoms with Crippen molar-refractivity contribution in [3.8, 4) is 0 Å². The lowest BCUT2D eigenvalue weighted by molar-refractivity contribution is -0.255. The van der Waals surface area contributed by atoms with Gasteiger partial charge in [-0.3, -0.25) is 4.79 Å². The zero-order valence-electron chi connectivity index (χ0n) is 5.96. The third-order valence-corrected chi connectivity index (χ3v) is 1.04. The van der Waals surface area contributed by atoms with E-state index in [-0.39, 0.29) is 11.7 Å². The molecule has 5 N–H and O–H groups in total. The molecule has 0 aliphatic heterocycles. The summed E-state index contributed by atoms with van der Waals surface area (Å²) in [6.45, 7) is 0. The van der Waals surface area contributed by atoms with Crippen molar-refractivity contribution in [1.82, 2.24) is 11.1 Å². The van der Waals surface area contributed by atoms with E-state index in [9.17, 15) is 14.7 Å². The van der Waals surface area contributed by atoms with Gasteiger partial charge in [0.15, 0.2) is 0 Å². The van der Waals surface area contributed by atoms with Crippen molar-refractivity contribution in [3.63, 3.8) is 0 Å². The second-order valence-electron chi connectivity index (χ2n) is 1.70. The van der Waals surface area contributed by atoms with Crippen molar-refractivity contribution in [1.29, 1.82) is 0 Å². The van der Waals surface area contributed by atoms with Crippen molar-refractivity contribution >= 4 is 5.97 Å². The molecule has 1 aromatic rings. The molecule has 0 aliphatic rings. The van der Waals surface area contributed by atoms with Crippen molar-refractivity contribution in [2.75, 3.05) is 0 Å². The summed E-state index contributed by atoms with van der Waals surface area (Å²) in [4.78, 5) is 22.9. The summed E-state index contributed by atoms with van der Waals surface area (Å²) < 4.78 is 0. The van der Waals surface area contributed by atoms with Crippen LogP contribution in [0.4, 0.5) is 0 Å². The number of carboxylic acid groups (broad SMARTS) is 1. The molecule has 0 spiro atoms. The fourth-order valence-corrected chi connectivity index (χ4v) is 0.582. The molecule has 0 aromatic carbocycles. The van der Waals surface area contributed by atoms with E-state index in [0.29, 0.717) is 0 Å². The lowest BCUT2D eigenvalue weighted by atomic mass is 10.3. The van der Waals surface area contributed by atoms with Gasteiger partial charge >= 0.3 is 0 Å². The topological polar surface area (TPSA) is 109 Å². The fraction of sp³-hybridized carbons (Fsp3) is 0. The number of nitrogens with one attached hydrogen (secondary N) is 1. The zero-order chi connectivity index (χ0) is 7.56. The number of rotatable bonds is 1. The predicted octanol–water partition coefficient (Wildman–Crippen LogP) is -0.885. The van der Waals surface area contributed by atoms with E-state index >= 15 is 0 Å². The van der Waals surface area contributed by atoms with Crippen LogP contribution in [-0.2, 0) is 0 Å². The van der Waals surface area contributed by atoms with E-state index in [1.54, 1.807) is 0 Å². The van der Waals surface area contributed by atoms with Gasteiger partial charge in [0, 0.05) is 6.20 Å². The van der Waals surface area contributed by atoms with Gasteiger partial charge in [-0.15, -0.1) is 0 Å². The summed E-state index contributed by atoms with van der Waals surface area (Å²) in [6.07, 6.45) is 1.36. The molecule has 0 fully saturated rings. The Kier molecular flexibility index (Phi) is 3.01. The minimum atomic E-state index is -1.46. The van der Waals surface area contributed by atoms with Crippen LogP contribution in [0.5, 0.6) is 0 Å². The summed E-state index contributed by atoms with van der Waals surface area (Å²) in [5.41, 5.74) is -0.981. The van der Waals surface area contributed by atoms with E-state index in [2.05, 4.69) is 4.98 Å². The fourth-order valence-electron chi connectivity index (χ4n) is 0.582. The Morgan fingerprint density at radius 1 is 1.55 bits per heavy atom. The minimum Gasteiger partial charge on any atom is -0.545 e. The van der Waals surface area contributed by atoms with Gasteiger partial charge in [0.05, 0.1) is 11.5 Å². The zero-order valence-corrected chi connectivity index (χ0v) is 5.96. The summed E-state index contributed by atoms with van der Waals surface area (Å²) in [7, 11) is 0. The number of H-pyrrole nitrogens is 1. The van der Waals surface area contributed by atoms with E-state index in [0.717, 1.165) is 0 Å². The molecule has 1 aromatic heterocycles. The second-order valence-corrected chi connectivity index (χ2v) is 1.70. The van der Waals surface area contributed by atoms with E-state index < -0.39 is 11.5 Å². The number of aromatic nitrogens is 1. The van der Waals surface area contributed by atoms with Crippen molar-refractivity contribution < 1.29 is 9.90 Å². The van der Waals surface area contributed by atoms with Crippen molar-refractivity contribution in [2.24, 2.45) is 0 Å². The van der Waals surface area contributed by atoms with Crippen molar-refractivity contribution in [3.05, 3.63) is 34.2 Å². The summed E-state index contributed by atoms with van der Waals surface area (Å²) in [6, 6.07) is 2.61. The SMILES string of the molecule is O=C([O-])c1ccc[nH]c1=O.[NH4+]. The molecule has 11 heavy (non-hydrogen) atoms. The number of hydrogen-bond donors (Lipinski definition) is 2. The third kappa shape index (κ3) is 1.91. The Labute approximate surface area is 62.3 Å². The maximum atomic E-state index is 10.6. The van der Waals surface area contributed by atoms with Crippen LogP contribution in [0.25, 0.3) is 0 Å². The first-order chi connectivity index (χ1) is 4.72. The van der Waals surface area contributed by atoms with Crippen LogP contribution in [0.2, 0.25) is 0 Å². The molecule has 60 valence electrons. The van der Waals surface area contributed by atoms with Crippen LogP contribution < -0.4 is 16.8 Å². The molecule has 0 atom stereocenters. The van der Waals surface area contributed by atoms with Gasteiger partial charge in [-0.25, -0.2) is 0 Å². The molecule has 0 unspecified atom stereocenters. The summed E-state index contributed by atoms with van der Waals surface area (Å²) in [5, 5.41) is 10.1. The van der Waals surface area contributed by atoms with E-state index in [4.69, 9.17) is 0 Å². The lowest BCUT2D eigenvalue weighted by Gasteiger charge is -1.96. The molecule has 0 bridgehead atoms. The number of hydrogen-bond acceptors (Lipinski definition) is 3. The number of aromatic carboxylic acids is 1. The molecular weight excluding hydrogens is 148 g/mol. The molecule has 1 heterocycles. The van der Waals surface area contributed by atoms with Gasteiger partial charge in [-0.1, -0.05) is 0 Å². The smallest absolute Gasteiger partial charge is 0.257 e. The average Bonchev–Trinajstić information content (AvgIpc) is 1.88. The number of quaternary nitrogens is 1. The Balaban J connectivity index is 0.000001000. The highest BCUT2D eigenvalue weighted by molar-refractivity contribution is 5.84. The first-order valence-corrected chi connectivity index (χ1v) is 2.61. The maximum absolute atomic E-state index is 10.6. The first-order valence-electron chi connectivity index (χ1n) is 2.61. The number of carbonyl (C=O) groups excluding carboxylic acids is 1. The van der Waals surface area contributed by atoms with Gasteiger partial charge in [0.2, 0.25) is 0 Å². The van der Waals surface area contributed by atoms with Crippen LogP contribution in [0.3, 0.4) is 0 Å². The second kappa shape index (κ2) is 3.52. The Hall–Kier alpha value is -1.62. The molecule has 0 radical (unpaired) electrons. The van der Waals surface area contributed by atoms with Crippen LogP contribution >= 0.6 is 0 Å². The molecule has 0 saturated carbocycles. The average molecular weight is 156 g/mol. The highest BCUT2D eigenvalue weighted by Gasteiger charge is 1.95. The monoisotopic (exact) mass is 156 g/mol. The van der Waals surface area contributed by atoms with Gasteiger partial charge in [-0.2, -0.15) is 0 Å². The number of pyridine rings is 1. The molecule has 0 amide bonds. The maximum Gasteiger partial charge on any atom is 0.257 e. The van der Waals surface area contributed by atoms with Gasteiger partial charge < -0.3 is 21.0 Å². The van der Waals surface area contributed by atoms with Gasteiger partial charge in [0.25, 0.3) is 5.56 Å². The van der Waals surface area contributed by atoms with Crippen LogP contribution in [0.1, 0.15) is 10.4 Å². The Bertz CT molecular complexity index is 305. The van der Waals surface area contributed by atoms with Crippen LogP contribution in [0, 0.1) is 0 Å². The lowest BCUT2D eigenvalue weighted by Crippen LogP contribution is -2.29. The third-order valence-electron chi connectivity index (χ3n) is 1.04. The minimum absolute atomic E-state index is 0. The van der Waals surface area contributed by atoms with E-state index in [1.165, 1.54) is 18.3 Å². The number of carbonyl (C=O) groups is 1. The molecule has 5 heteroatoms. The standard InChI is InChI=1S/C6H5NO3.H3N/c8-5-4(6(9)10)2-1-3-7-5;/h1-3H,(H,7,8)(H,9,10);1H3. The number of aromatic amines is 1. The number of carboxylic acids is 1. The Morgan fingerprint density at radius 3 is 2.55 bits per heavy atom. The summed E-state index contributed by atoms with van der Waals surface area (Å²) >= 11 is 0. The quantitative estimate of drug-likeness (QED) is 0.550. The highest BCUT2D eigenvalue weighted by atomic mass is 16.4. The summed E-state index contributed by atoms with van der Waals surface area (Å²) in [5.74, 6) is -1.46. The highest BCUT2D eigenvalue weighted by Crippen LogP contribution is 1.84. The van der Waals surface area contributed by atoms with Gasteiger partial charge in [0.1, 0.15) is 0 Å². The molecule has 0 aliphatic carbocycles. The molecular formula is C6H8N2O3.